The Kier molecular flexibility index (Phi) is 2.63. The summed E-state index contributed by atoms with van der Waals surface area (Å²) in [5, 5.41) is 0.666. The Hall–Kier alpha value is -2.95. The van der Waals surface area contributed by atoms with E-state index in [4.69, 9.17) is 4.42 Å². The van der Waals surface area contributed by atoms with Crippen LogP contribution in [0, 0.1) is 12.7 Å². The second-order valence-corrected chi connectivity index (χ2v) is 5.20. The van der Waals surface area contributed by atoms with Gasteiger partial charge in [-0.15, -0.1) is 0 Å². The van der Waals surface area contributed by atoms with Crippen LogP contribution in [0.5, 0.6) is 0 Å². The number of halogens is 1. The molecule has 4 nitrogen and oxygen atoms in total. The summed E-state index contributed by atoms with van der Waals surface area (Å²) in [4.78, 5) is 19.7. The first kappa shape index (κ1) is 12.8. The molecule has 0 radical (unpaired) electrons. The van der Waals surface area contributed by atoms with E-state index in [2.05, 4.69) is 9.97 Å². The van der Waals surface area contributed by atoms with Crippen LogP contribution in [0.25, 0.3) is 33.3 Å². The largest absolute Gasteiger partial charge is 0.422 e. The van der Waals surface area contributed by atoms with Crippen molar-refractivity contribution in [1.29, 1.82) is 0 Å². The number of hydrogen-bond donors (Lipinski definition) is 1. The van der Waals surface area contributed by atoms with Crippen molar-refractivity contribution >= 4 is 22.0 Å². The van der Waals surface area contributed by atoms with Crippen LogP contribution in [0.3, 0.4) is 0 Å². The minimum atomic E-state index is -0.513. The Morgan fingerprint density at radius 1 is 1.14 bits per heavy atom. The highest BCUT2D eigenvalue weighted by Gasteiger charge is 2.11. The molecule has 0 atom stereocenters. The van der Waals surface area contributed by atoms with Gasteiger partial charge in [0.25, 0.3) is 0 Å². The number of fused-ring (bicyclic) bond motifs is 2. The molecule has 3 aromatic heterocycles. The molecule has 0 aliphatic carbocycles. The van der Waals surface area contributed by atoms with Crippen LogP contribution in [0.15, 0.2) is 51.7 Å². The molecule has 1 aromatic carbocycles. The summed E-state index contributed by atoms with van der Waals surface area (Å²) in [6.07, 6.45) is 0. The fourth-order valence-electron chi connectivity index (χ4n) is 2.53. The number of nitrogens with zero attached hydrogens (tertiary/aromatic N) is 1. The van der Waals surface area contributed by atoms with Crippen LogP contribution in [0.2, 0.25) is 0 Å². The summed E-state index contributed by atoms with van der Waals surface area (Å²) in [5.41, 5.74) is 3.29. The third-order valence-electron chi connectivity index (χ3n) is 3.60. The minimum Gasteiger partial charge on any atom is -0.422 e. The summed E-state index contributed by atoms with van der Waals surface area (Å²) >= 11 is 0. The average Bonchev–Trinajstić information content (AvgIpc) is 2.89. The van der Waals surface area contributed by atoms with Crippen molar-refractivity contribution in [1.82, 2.24) is 9.97 Å². The van der Waals surface area contributed by atoms with Gasteiger partial charge in [-0.1, -0.05) is 0 Å². The molecule has 1 N–H and O–H groups in total. The Labute approximate surface area is 124 Å². The van der Waals surface area contributed by atoms with Crippen LogP contribution in [-0.4, -0.2) is 9.97 Å². The molecule has 108 valence electrons. The Morgan fingerprint density at radius 3 is 2.86 bits per heavy atom. The Morgan fingerprint density at radius 2 is 2.00 bits per heavy atom. The third kappa shape index (κ3) is 1.98. The van der Waals surface area contributed by atoms with E-state index in [1.54, 1.807) is 12.1 Å². The minimum absolute atomic E-state index is 0.235. The van der Waals surface area contributed by atoms with Crippen LogP contribution in [0.1, 0.15) is 5.69 Å². The van der Waals surface area contributed by atoms with Gasteiger partial charge >= 0.3 is 5.63 Å². The smallest absolute Gasteiger partial charge is 0.345 e. The average molecular weight is 294 g/mol. The van der Waals surface area contributed by atoms with Crippen molar-refractivity contribution in [3.05, 3.63) is 64.4 Å². The number of rotatable bonds is 1. The predicted molar refractivity (Wildman–Crippen MR) is 82.3 cm³/mol. The molecule has 3 heterocycles. The SMILES string of the molecule is Cc1ccc2[nH]c(-c3cc4ccc(F)cc4oc3=O)cc2n1. The molecule has 4 rings (SSSR count). The number of benzene rings is 1. The highest BCUT2D eigenvalue weighted by atomic mass is 19.1. The molecule has 0 unspecified atom stereocenters. The first-order valence-corrected chi connectivity index (χ1v) is 6.80. The molecule has 0 aliphatic heterocycles. The molecule has 0 saturated carbocycles. The summed E-state index contributed by atoms with van der Waals surface area (Å²) < 4.78 is 18.4. The van der Waals surface area contributed by atoms with Crippen LogP contribution in [0.4, 0.5) is 4.39 Å². The maximum Gasteiger partial charge on any atom is 0.345 e. The summed E-state index contributed by atoms with van der Waals surface area (Å²) in [5.74, 6) is -0.436. The van der Waals surface area contributed by atoms with Gasteiger partial charge in [-0.05, 0) is 43.3 Å². The van der Waals surface area contributed by atoms with Gasteiger partial charge in [0.1, 0.15) is 11.4 Å². The molecule has 4 aromatic rings. The van der Waals surface area contributed by atoms with Gasteiger partial charge < -0.3 is 9.40 Å². The third-order valence-corrected chi connectivity index (χ3v) is 3.60. The van der Waals surface area contributed by atoms with E-state index in [1.807, 2.05) is 25.1 Å². The lowest BCUT2D eigenvalue weighted by Crippen LogP contribution is -2.02. The van der Waals surface area contributed by atoms with Crippen molar-refractivity contribution in [3.63, 3.8) is 0 Å². The molecular formula is C17H11FN2O2. The molecule has 5 heteroatoms. The monoisotopic (exact) mass is 294 g/mol. The van der Waals surface area contributed by atoms with Gasteiger partial charge in [-0.2, -0.15) is 0 Å². The Bertz CT molecular complexity index is 1080. The zero-order valence-corrected chi connectivity index (χ0v) is 11.7. The number of aromatic amines is 1. The van der Waals surface area contributed by atoms with E-state index in [0.717, 1.165) is 16.7 Å². The molecule has 0 saturated heterocycles. The van der Waals surface area contributed by atoms with E-state index in [0.29, 0.717) is 16.6 Å². The molecule has 22 heavy (non-hydrogen) atoms. The van der Waals surface area contributed by atoms with Gasteiger partial charge in [-0.25, -0.2) is 9.18 Å². The second kappa shape index (κ2) is 4.53. The fraction of sp³-hybridized carbons (Fsp3) is 0.0588. The van der Waals surface area contributed by atoms with Crippen LogP contribution < -0.4 is 5.63 Å². The highest BCUT2D eigenvalue weighted by Crippen LogP contribution is 2.24. The van der Waals surface area contributed by atoms with E-state index in [9.17, 15) is 9.18 Å². The number of aromatic nitrogens is 2. The van der Waals surface area contributed by atoms with Gasteiger partial charge in [0.05, 0.1) is 22.3 Å². The molecule has 0 amide bonds. The maximum absolute atomic E-state index is 13.2. The molecular weight excluding hydrogens is 283 g/mol. The first-order chi connectivity index (χ1) is 10.6. The number of hydrogen-bond acceptors (Lipinski definition) is 3. The lowest BCUT2D eigenvalue weighted by atomic mass is 10.1. The van der Waals surface area contributed by atoms with Crippen LogP contribution >= 0.6 is 0 Å². The summed E-state index contributed by atoms with van der Waals surface area (Å²) in [7, 11) is 0. The zero-order chi connectivity index (χ0) is 15.3. The number of aryl methyl sites for hydroxylation is 1. The maximum atomic E-state index is 13.2. The number of H-pyrrole nitrogens is 1. The van der Waals surface area contributed by atoms with Gasteiger partial charge in [0.2, 0.25) is 0 Å². The van der Waals surface area contributed by atoms with E-state index in [1.165, 1.54) is 12.1 Å². The van der Waals surface area contributed by atoms with Crippen LogP contribution in [-0.2, 0) is 0 Å². The van der Waals surface area contributed by atoms with Gasteiger partial charge in [0.15, 0.2) is 0 Å². The molecule has 0 spiro atoms. The lowest BCUT2D eigenvalue weighted by Gasteiger charge is -2.00. The standard InChI is InChI=1S/C17H11FN2O2/c1-9-2-5-13-15(19-9)8-14(20-13)12-6-10-3-4-11(18)7-16(10)22-17(12)21/h2-8,20H,1H3. The summed E-state index contributed by atoms with van der Waals surface area (Å²) in [6.45, 7) is 1.91. The molecule has 0 fully saturated rings. The van der Waals surface area contributed by atoms with Crippen molar-refractivity contribution in [2.45, 2.75) is 6.92 Å². The quantitative estimate of drug-likeness (QED) is 0.543. The number of nitrogens with one attached hydrogen (secondary N) is 1. The normalized spacial score (nSPS) is 11.4. The summed E-state index contributed by atoms with van der Waals surface area (Å²) in [6, 6.07) is 11.4. The topological polar surface area (TPSA) is 58.9 Å². The molecule has 0 aliphatic rings. The molecule has 0 bridgehead atoms. The van der Waals surface area contributed by atoms with Crippen molar-refractivity contribution < 1.29 is 8.81 Å². The van der Waals surface area contributed by atoms with Crippen molar-refractivity contribution in [2.75, 3.05) is 0 Å². The van der Waals surface area contributed by atoms with Crippen molar-refractivity contribution in [3.8, 4) is 11.3 Å². The van der Waals surface area contributed by atoms with E-state index >= 15 is 0 Å². The van der Waals surface area contributed by atoms with E-state index < -0.39 is 11.4 Å². The second-order valence-electron chi connectivity index (χ2n) is 5.20. The van der Waals surface area contributed by atoms with E-state index in [-0.39, 0.29) is 5.58 Å². The zero-order valence-electron chi connectivity index (χ0n) is 11.7. The number of pyridine rings is 1. The lowest BCUT2D eigenvalue weighted by molar-refractivity contribution is 0.556. The highest BCUT2D eigenvalue weighted by molar-refractivity contribution is 5.86. The first-order valence-electron chi connectivity index (χ1n) is 6.80. The van der Waals surface area contributed by atoms with Gasteiger partial charge in [-0.3, -0.25) is 4.98 Å². The Balaban J connectivity index is 1.97. The predicted octanol–water partition coefficient (Wildman–Crippen LogP) is 3.78. The van der Waals surface area contributed by atoms with Crippen molar-refractivity contribution in [2.24, 2.45) is 0 Å². The fourth-order valence-corrected chi connectivity index (χ4v) is 2.53. The van der Waals surface area contributed by atoms with Gasteiger partial charge in [0, 0.05) is 17.1 Å².